The number of benzene rings is 2. The van der Waals surface area contributed by atoms with Crippen LogP contribution in [-0.4, -0.2) is 7.11 Å². The number of methoxy groups -OCH3 is 1. The lowest BCUT2D eigenvalue weighted by molar-refractivity contribution is 0.414. The van der Waals surface area contributed by atoms with Crippen molar-refractivity contribution >= 4 is 31.9 Å². The third-order valence-electron chi connectivity index (χ3n) is 2.84. The van der Waals surface area contributed by atoms with E-state index in [1.807, 2.05) is 12.1 Å². The molecule has 0 bridgehead atoms. The van der Waals surface area contributed by atoms with Crippen molar-refractivity contribution in [2.75, 3.05) is 7.11 Å². The molecule has 94 valence electrons. The van der Waals surface area contributed by atoms with Crippen LogP contribution >= 0.6 is 31.9 Å². The fraction of sp³-hybridized carbons (Fsp3) is 0.200. The maximum absolute atomic E-state index is 5.17. The summed E-state index contributed by atoms with van der Waals surface area (Å²) in [6.07, 6.45) is 0. The van der Waals surface area contributed by atoms with Gasteiger partial charge in [0.25, 0.3) is 0 Å². The van der Waals surface area contributed by atoms with E-state index in [-0.39, 0.29) is 4.83 Å². The van der Waals surface area contributed by atoms with E-state index in [1.165, 1.54) is 16.7 Å². The molecule has 0 aliphatic rings. The van der Waals surface area contributed by atoms with E-state index >= 15 is 0 Å². The molecule has 2 aromatic rings. The maximum Gasteiger partial charge on any atom is 0.118 e. The van der Waals surface area contributed by atoms with Crippen molar-refractivity contribution in [3.63, 3.8) is 0 Å². The van der Waals surface area contributed by atoms with E-state index in [2.05, 4.69) is 69.1 Å². The van der Waals surface area contributed by atoms with Gasteiger partial charge in [-0.2, -0.15) is 0 Å². The molecule has 0 amide bonds. The SMILES string of the molecule is COc1ccc(C(Br)c2ccc(C)cc2Br)cc1. The highest BCUT2D eigenvalue weighted by Gasteiger charge is 2.13. The van der Waals surface area contributed by atoms with Crippen LogP contribution in [0.4, 0.5) is 0 Å². The van der Waals surface area contributed by atoms with Crippen molar-refractivity contribution in [3.05, 3.63) is 63.6 Å². The van der Waals surface area contributed by atoms with Crippen LogP contribution in [0.5, 0.6) is 5.75 Å². The van der Waals surface area contributed by atoms with E-state index < -0.39 is 0 Å². The number of alkyl halides is 1. The van der Waals surface area contributed by atoms with Crippen LogP contribution in [0.3, 0.4) is 0 Å². The zero-order valence-corrected chi connectivity index (χ0v) is 13.5. The molecule has 0 spiro atoms. The summed E-state index contributed by atoms with van der Waals surface area (Å²) < 4.78 is 6.29. The average Bonchev–Trinajstić information content (AvgIpc) is 2.38. The summed E-state index contributed by atoms with van der Waals surface area (Å²) in [5.74, 6) is 0.876. The van der Waals surface area contributed by atoms with Crippen LogP contribution in [0.1, 0.15) is 21.5 Å². The van der Waals surface area contributed by atoms with Gasteiger partial charge in [0, 0.05) is 4.47 Å². The number of rotatable bonds is 3. The molecular weight excluding hydrogens is 356 g/mol. The molecule has 1 unspecified atom stereocenters. The molecule has 0 aromatic heterocycles. The van der Waals surface area contributed by atoms with Crippen molar-refractivity contribution in [1.29, 1.82) is 0 Å². The molecule has 2 rings (SSSR count). The lowest BCUT2D eigenvalue weighted by atomic mass is 10.0. The van der Waals surface area contributed by atoms with Gasteiger partial charge in [0.1, 0.15) is 5.75 Å². The van der Waals surface area contributed by atoms with E-state index in [4.69, 9.17) is 4.74 Å². The monoisotopic (exact) mass is 368 g/mol. The van der Waals surface area contributed by atoms with Crippen LogP contribution in [0.25, 0.3) is 0 Å². The predicted molar refractivity (Wildman–Crippen MR) is 82.6 cm³/mol. The van der Waals surface area contributed by atoms with Gasteiger partial charge in [-0.05, 0) is 41.8 Å². The van der Waals surface area contributed by atoms with Crippen LogP contribution in [-0.2, 0) is 0 Å². The minimum atomic E-state index is 0.179. The lowest BCUT2D eigenvalue weighted by Gasteiger charge is -2.13. The Morgan fingerprint density at radius 2 is 1.72 bits per heavy atom. The predicted octanol–water partition coefficient (Wildman–Crippen LogP) is 5.25. The highest BCUT2D eigenvalue weighted by molar-refractivity contribution is 9.11. The Morgan fingerprint density at radius 1 is 1.06 bits per heavy atom. The first kappa shape index (κ1) is 13.6. The normalized spacial score (nSPS) is 12.2. The van der Waals surface area contributed by atoms with Gasteiger partial charge in [-0.15, -0.1) is 0 Å². The molecule has 0 heterocycles. The summed E-state index contributed by atoms with van der Waals surface area (Å²) in [5.41, 5.74) is 3.69. The topological polar surface area (TPSA) is 9.23 Å². The maximum atomic E-state index is 5.17. The third-order valence-corrected chi connectivity index (χ3v) is 4.55. The second-order valence-corrected chi connectivity index (χ2v) is 5.93. The Morgan fingerprint density at radius 3 is 2.28 bits per heavy atom. The van der Waals surface area contributed by atoms with Crippen molar-refractivity contribution in [3.8, 4) is 5.75 Å². The minimum absolute atomic E-state index is 0.179. The molecule has 0 N–H and O–H groups in total. The largest absolute Gasteiger partial charge is 0.497 e. The second-order valence-electron chi connectivity index (χ2n) is 4.16. The average molecular weight is 370 g/mol. The number of ether oxygens (including phenoxy) is 1. The Hall–Kier alpha value is -0.800. The summed E-state index contributed by atoms with van der Waals surface area (Å²) in [4.78, 5) is 0.179. The molecule has 2 aromatic carbocycles. The Labute approximate surface area is 124 Å². The van der Waals surface area contributed by atoms with Gasteiger partial charge in [-0.1, -0.05) is 56.1 Å². The van der Waals surface area contributed by atoms with Crippen molar-refractivity contribution in [2.45, 2.75) is 11.8 Å². The first-order chi connectivity index (χ1) is 8.61. The van der Waals surface area contributed by atoms with Crippen LogP contribution < -0.4 is 4.74 Å². The zero-order valence-electron chi connectivity index (χ0n) is 10.3. The Kier molecular flexibility index (Phi) is 4.46. The molecule has 0 saturated carbocycles. The second kappa shape index (κ2) is 5.89. The molecule has 0 aliphatic heterocycles. The van der Waals surface area contributed by atoms with Gasteiger partial charge < -0.3 is 4.74 Å². The van der Waals surface area contributed by atoms with E-state index in [0.717, 1.165) is 10.2 Å². The molecule has 1 nitrogen and oxygen atoms in total. The molecular formula is C15H14Br2O. The smallest absolute Gasteiger partial charge is 0.118 e. The van der Waals surface area contributed by atoms with Crippen LogP contribution in [0.15, 0.2) is 46.9 Å². The third kappa shape index (κ3) is 2.96. The number of hydrogen-bond donors (Lipinski definition) is 0. The van der Waals surface area contributed by atoms with Gasteiger partial charge in [-0.25, -0.2) is 0 Å². The minimum Gasteiger partial charge on any atom is -0.497 e. The molecule has 18 heavy (non-hydrogen) atoms. The molecule has 0 radical (unpaired) electrons. The summed E-state index contributed by atoms with van der Waals surface area (Å²) in [7, 11) is 1.68. The first-order valence-electron chi connectivity index (χ1n) is 5.66. The highest BCUT2D eigenvalue weighted by Crippen LogP contribution is 2.36. The van der Waals surface area contributed by atoms with E-state index in [1.54, 1.807) is 7.11 Å². The first-order valence-corrected chi connectivity index (χ1v) is 7.36. The summed E-state index contributed by atoms with van der Waals surface area (Å²) >= 11 is 7.36. The zero-order chi connectivity index (χ0) is 13.1. The number of aryl methyl sites for hydroxylation is 1. The highest BCUT2D eigenvalue weighted by atomic mass is 79.9. The van der Waals surface area contributed by atoms with Crippen LogP contribution in [0, 0.1) is 6.92 Å². The standard InChI is InChI=1S/C15H14Br2O/c1-10-3-8-13(14(16)9-10)15(17)11-4-6-12(18-2)7-5-11/h3-9,15H,1-2H3. The molecule has 1 atom stereocenters. The van der Waals surface area contributed by atoms with E-state index in [9.17, 15) is 0 Å². The van der Waals surface area contributed by atoms with Crippen molar-refractivity contribution in [1.82, 2.24) is 0 Å². The van der Waals surface area contributed by atoms with Gasteiger partial charge in [0.05, 0.1) is 11.9 Å². The molecule has 0 saturated heterocycles. The van der Waals surface area contributed by atoms with Crippen molar-refractivity contribution < 1.29 is 4.74 Å². The van der Waals surface area contributed by atoms with Crippen LogP contribution in [0.2, 0.25) is 0 Å². The fourth-order valence-corrected chi connectivity index (χ4v) is 3.52. The van der Waals surface area contributed by atoms with Gasteiger partial charge >= 0.3 is 0 Å². The lowest BCUT2D eigenvalue weighted by Crippen LogP contribution is -1.94. The number of halogens is 2. The molecule has 3 heteroatoms. The van der Waals surface area contributed by atoms with Gasteiger partial charge in [0.2, 0.25) is 0 Å². The summed E-state index contributed by atoms with van der Waals surface area (Å²) in [6.45, 7) is 2.09. The molecule has 0 fully saturated rings. The van der Waals surface area contributed by atoms with E-state index in [0.29, 0.717) is 0 Å². The molecule has 0 aliphatic carbocycles. The van der Waals surface area contributed by atoms with Gasteiger partial charge in [-0.3, -0.25) is 0 Å². The van der Waals surface area contributed by atoms with Gasteiger partial charge in [0.15, 0.2) is 0 Å². The fourth-order valence-electron chi connectivity index (χ4n) is 1.79. The summed E-state index contributed by atoms with van der Waals surface area (Å²) in [5, 5.41) is 0. The van der Waals surface area contributed by atoms with Crippen molar-refractivity contribution in [2.24, 2.45) is 0 Å². The summed E-state index contributed by atoms with van der Waals surface area (Å²) in [6, 6.07) is 14.5. The number of hydrogen-bond acceptors (Lipinski definition) is 1. The Bertz CT molecular complexity index is 535. The Balaban J connectivity index is 2.31. The quantitative estimate of drug-likeness (QED) is 0.671.